The van der Waals surface area contributed by atoms with Crippen LogP contribution in [0, 0.1) is 5.82 Å². The number of hydrazone groups is 1. The van der Waals surface area contributed by atoms with Crippen molar-refractivity contribution < 1.29 is 18.6 Å². The molecule has 0 N–H and O–H groups in total. The van der Waals surface area contributed by atoms with Crippen molar-refractivity contribution in [2.24, 2.45) is 5.10 Å². The van der Waals surface area contributed by atoms with E-state index in [2.05, 4.69) is 0 Å². The number of fused-ring (bicyclic) bond motifs is 3. The van der Waals surface area contributed by atoms with Crippen LogP contribution in [0.25, 0.3) is 0 Å². The number of ether oxygens (including phenoxy) is 3. The maximum absolute atomic E-state index is 14.0. The zero-order valence-corrected chi connectivity index (χ0v) is 17.8. The second-order valence-electron chi connectivity index (χ2n) is 7.42. The first-order valence-electron chi connectivity index (χ1n) is 9.87. The lowest BCUT2D eigenvalue weighted by atomic mass is 9.95. The first-order chi connectivity index (χ1) is 15.1. The van der Waals surface area contributed by atoms with Crippen molar-refractivity contribution in [3.63, 3.8) is 0 Å². The van der Waals surface area contributed by atoms with E-state index in [0.717, 1.165) is 22.6 Å². The molecule has 2 aliphatic heterocycles. The standard InChI is InChI=1S/C24H20ClFN2O3/c1-29-22-8-6-14(11-23(22)30-2)19-13-20-18-12-16(25)7-9-21(18)31-24(28(20)27-19)15-4-3-5-17(26)10-15/h3-12,20,24H,13H2,1-2H3. The zero-order chi connectivity index (χ0) is 21.5. The van der Waals surface area contributed by atoms with Gasteiger partial charge in [-0.15, -0.1) is 0 Å². The van der Waals surface area contributed by atoms with Crippen LogP contribution in [0.5, 0.6) is 17.2 Å². The summed E-state index contributed by atoms with van der Waals surface area (Å²) in [4.78, 5) is 0. The van der Waals surface area contributed by atoms with Crippen LogP contribution in [-0.4, -0.2) is 24.9 Å². The van der Waals surface area contributed by atoms with Gasteiger partial charge in [-0.2, -0.15) is 5.10 Å². The average molecular weight is 439 g/mol. The molecular formula is C24H20ClFN2O3. The molecule has 5 rings (SSSR count). The number of benzene rings is 3. The van der Waals surface area contributed by atoms with Gasteiger partial charge in [0.15, 0.2) is 11.5 Å². The minimum Gasteiger partial charge on any atom is -0.493 e. The number of nitrogens with zero attached hydrogens (tertiary/aromatic N) is 2. The van der Waals surface area contributed by atoms with Gasteiger partial charge in [0, 0.05) is 28.1 Å². The molecule has 3 aromatic rings. The van der Waals surface area contributed by atoms with Crippen LogP contribution in [-0.2, 0) is 0 Å². The largest absolute Gasteiger partial charge is 0.493 e. The van der Waals surface area contributed by atoms with Crippen LogP contribution in [0.2, 0.25) is 5.02 Å². The number of halogens is 2. The van der Waals surface area contributed by atoms with Crippen molar-refractivity contribution in [3.8, 4) is 17.2 Å². The van der Waals surface area contributed by atoms with Crippen molar-refractivity contribution in [1.29, 1.82) is 0 Å². The molecule has 3 aromatic carbocycles. The molecule has 2 atom stereocenters. The summed E-state index contributed by atoms with van der Waals surface area (Å²) in [6.45, 7) is 0. The number of methoxy groups -OCH3 is 2. The summed E-state index contributed by atoms with van der Waals surface area (Å²) in [5, 5.41) is 7.41. The van der Waals surface area contributed by atoms with Gasteiger partial charge in [-0.25, -0.2) is 9.40 Å². The van der Waals surface area contributed by atoms with Crippen molar-refractivity contribution in [3.05, 3.63) is 88.2 Å². The van der Waals surface area contributed by atoms with Crippen molar-refractivity contribution in [1.82, 2.24) is 5.01 Å². The SMILES string of the molecule is COc1ccc(C2=NN3C(C2)c2cc(Cl)ccc2OC3c2cccc(F)c2)cc1OC. The van der Waals surface area contributed by atoms with Crippen molar-refractivity contribution in [2.45, 2.75) is 18.7 Å². The molecule has 0 fully saturated rings. The van der Waals surface area contributed by atoms with Gasteiger partial charge in [0.1, 0.15) is 11.6 Å². The molecule has 0 radical (unpaired) electrons. The van der Waals surface area contributed by atoms with Crippen LogP contribution < -0.4 is 14.2 Å². The lowest BCUT2D eigenvalue weighted by Crippen LogP contribution is -2.33. The second-order valence-corrected chi connectivity index (χ2v) is 7.86. The summed E-state index contributed by atoms with van der Waals surface area (Å²) >= 11 is 6.28. The highest BCUT2D eigenvalue weighted by molar-refractivity contribution is 6.30. The highest BCUT2D eigenvalue weighted by Crippen LogP contribution is 2.48. The Morgan fingerprint density at radius 2 is 1.87 bits per heavy atom. The molecule has 0 amide bonds. The Morgan fingerprint density at radius 3 is 2.65 bits per heavy atom. The predicted octanol–water partition coefficient (Wildman–Crippen LogP) is 5.74. The molecule has 0 saturated carbocycles. The van der Waals surface area contributed by atoms with Crippen molar-refractivity contribution in [2.75, 3.05) is 14.2 Å². The normalized spacial score (nSPS) is 19.2. The van der Waals surface area contributed by atoms with Gasteiger partial charge in [-0.05, 0) is 48.5 Å². The quantitative estimate of drug-likeness (QED) is 0.521. The molecule has 2 heterocycles. The fourth-order valence-corrected chi connectivity index (χ4v) is 4.31. The van der Waals surface area contributed by atoms with E-state index in [4.69, 9.17) is 30.9 Å². The first-order valence-corrected chi connectivity index (χ1v) is 10.2. The Hall–Kier alpha value is -3.25. The molecule has 7 heteroatoms. The molecule has 0 spiro atoms. The Labute approximate surface area is 184 Å². The third kappa shape index (κ3) is 3.47. The van der Waals surface area contributed by atoms with Crippen LogP contribution in [0.4, 0.5) is 4.39 Å². The van der Waals surface area contributed by atoms with E-state index >= 15 is 0 Å². The van der Waals surface area contributed by atoms with E-state index in [1.807, 2.05) is 41.4 Å². The number of rotatable bonds is 4. The summed E-state index contributed by atoms with van der Waals surface area (Å²) in [6, 6.07) is 17.6. The van der Waals surface area contributed by atoms with Crippen LogP contribution in [0.3, 0.4) is 0 Å². The highest BCUT2D eigenvalue weighted by atomic mass is 35.5. The molecular weight excluding hydrogens is 419 g/mol. The molecule has 31 heavy (non-hydrogen) atoms. The summed E-state index contributed by atoms with van der Waals surface area (Å²) in [5.74, 6) is 1.70. The molecule has 158 valence electrons. The third-order valence-corrected chi connectivity index (χ3v) is 5.84. The monoisotopic (exact) mass is 438 g/mol. The zero-order valence-electron chi connectivity index (χ0n) is 17.0. The lowest BCUT2D eigenvalue weighted by molar-refractivity contribution is -0.0192. The van der Waals surface area contributed by atoms with Gasteiger partial charge >= 0.3 is 0 Å². The highest BCUT2D eigenvalue weighted by Gasteiger charge is 2.41. The molecule has 0 bridgehead atoms. The van der Waals surface area contributed by atoms with E-state index in [1.165, 1.54) is 12.1 Å². The van der Waals surface area contributed by atoms with Gasteiger partial charge in [0.2, 0.25) is 6.23 Å². The Morgan fingerprint density at radius 1 is 1.03 bits per heavy atom. The second kappa shape index (κ2) is 7.78. The molecule has 0 aromatic heterocycles. The summed E-state index contributed by atoms with van der Waals surface area (Å²) in [6.07, 6.45) is 0.102. The molecule has 0 aliphatic carbocycles. The van der Waals surface area contributed by atoms with Crippen molar-refractivity contribution >= 4 is 17.3 Å². The first kappa shape index (κ1) is 19.7. The molecule has 2 aliphatic rings. The van der Waals surface area contributed by atoms with Gasteiger partial charge in [-0.3, -0.25) is 0 Å². The Bertz CT molecular complexity index is 1180. The van der Waals surface area contributed by atoms with Gasteiger partial charge in [-0.1, -0.05) is 23.7 Å². The molecule has 0 saturated heterocycles. The van der Waals surface area contributed by atoms with E-state index in [-0.39, 0.29) is 11.9 Å². The summed E-state index contributed by atoms with van der Waals surface area (Å²) < 4.78 is 31.0. The smallest absolute Gasteiger partial charge is 0.213 e. The van der Waals surface area contributed by atoms with E-state index in [9.17, 15) is 4.39 Å². The maximum Gasteiger partial charge on any atom is 0.213 e. The molecule has 2 unspecified atom stereocenters. The van der Waals surface area contributed by atoms with Gasteiger partial charge in [0.05, 0.1) is 26.0 Å². The Balaban J connectivity index is 1.59. The average Bonchev–Trinajstić information content (AvgIpc) is 3.24. The summed E-state index contributed by atoms with van der Waals surface area (Å²) in [7, 11) is 3.21. The van der Waals surface area contributed by atoms with Gasteiger partial charge in [0.25, 0.3) is 0 Å². The van der Waals surface area contributed by atoms with Crippen LogP contribution in [0.1, 0.15) is 35.4 Å². The minimum atomic E-state index is -0.549. The van der Waals surface area contributed by atoms with Crippen LogP contribution >= 0.6 is 11.6 Å². The van der Waals surface area contributed by atoms with E-state index in [1.54, 1.807) is 26.4 Å². The maximum atomic E-state index is 14.0. The van der Waals surface area contributed by atoms with Gasteiger partial charge < -0.3 is 14.2 Å². The lowest BCUT2D eigenvalue weighted by Gasteiger charge is -2.38. The van der Waals surface area contributed by atoms with E-state index < -0.39 is 6.23 Å². The minimum absolute atomic E-state index is 0.0844. The topological polar surface area (TPSA) is 43.3 Å². The van der Waals surface area contributed by atoms with Crippen LogP contribution in [0.15, 0.2) is 65.8 Å². The predicted molar refractivity (Wildman–Crippen MR) is 117 cm³/mol. The number of hydrogen-bond donors (Lipinski definition) is 0. The fraction of sp³-hybridized carbons (Fsp3) is 0.208. The Kier molecular flexibility index (Phi) is 4.94. The molecule has 5 nitrogen and oxygen atoms in total. The van der Waals surface area contributed by atoms with E-state index in [0.29, 0.717) is 28.5 Å². The number of hydrogen-bond acceptors (Lipinski definition) is 5. The fourth-order valence-electron chi connectivity index (χ4n) is 4.13. The third-order valence-electron chi connectivity index (χ3n) is 5.60. The summed E-state index contributed by atoms with van der Waals surface area (Å²) in [5.41, 5.74) is 3.46.